The number of halogens is 3. The average Bonchev–Trinajstić information content (AvgIpc) is 3.22. The average molecular weight is 545 g/mol. The number of carboxylic acid groups (broad SMARTS) is 1. The zero-order valence-electron chi connectivity index (χ0n) is 21.6. The number of benzene rings is 1. The van der Waals surface area contributed by atoms with E-state index in [1.165, 1.54) is 12.1 Å². The third kappa shape index (κ3) is 5.84. The maximum atomic E-state index is 13.5. The van der Waals surface area contributed by atoms with Gasteiger partial charge < -0.3 is 20.3 Å². The first kappa shape index (κ1) is 26.9. The van der Waals surface area contributed by atoms with E-state index in [0.29, 0.717) is 17.0 Å². The molecule has 2 aliphatic rings. The lowest BCUT2D eigenvalue weighted by atomic mass is 9.80. The van der Waals surface area contributed by atoms with Crippen molar-refractivity contribution in [1.82, 2.24) is 24.8 Å². The molecule has 5 rings (SSSR count). The van der Waals surface area contributed by atoms with Crippen LogP contribution in [0.1, 0.15) is 90.7 Å². The number of aromatic nitrogens is 4. The second-order valence-electron chi connectivity index (χ2n) is 10.5. The number of carbonyl (C=O) groups is 2. The lowest BCUT2D eigenvalue weighted by molar-refractivity contribution is -0.137. The monoisotopic (exact) mass is 544 g/mol. The summed E-state index contributed by atoms with van der Waals surface area (Å²) in [4.78, 5) is 38.1. The maximum absolute atomic E-state index is 13.5. The van der Waals surface area contributed by atoms with Gasteiger partial charge in [-0.3, -0.25) is 4.79 Å². The second-order valence-corrected chi connectivity index (χ2v) is 10.5. The summed E-state index contributed by atoms with van der Waals surface area (Å²) in [6, 6.07) is 4.66. The van der Waals surface area contributed by atoms with Crippen LogP contribution in [-0.4, -0.2) is 48.6 Å². The number of anilines is 1. The van der Waals surface area contributed by atoms with Gasteiger partial charge >= 0.3 is 12.1 Å². The third-order valence-corrected chi connectivity index (χ3v) is 7.78. The number of nitrogens with one attached hydrogen (secondary N) is 2. The van der Waals surface area contributed by atoms with Crippen LogP contribution in [-0.2, 0) is 12.7 Å². The van der Waals surface area contributed by atoms with Crippen molar-refractivity contribution in [2.75, 3.05) is 5.32 Å². The van der Waals surface area contributed by atoms with Crippen molar-refractivity contribution in [3.8, 4) is 0 Å². The standard InChI is InChI=1S/C27H31F3N6O3/c1-15(17-6-5-7-17)31-21-20-22(34-23(33-21)26(38)39)35-24(25(37)32-19-8-3-2-4-9-19)36(20)14-16-10-12-18(13-11-16)27(28,29)30/h10-13,15,17,19H,2-9,14H2,1H3,(H,32,37)(H,38,39)(H,31,33,34). The van der Waals surface area contributed by atoms with Crippen LogP contribution in [0.25, 0.3) is 11.2 Å². The van der Waals surface area contributed by atoms with E-state index < -0.39 is 29.4 Å². The van der Waals surface area contributed by atoms with Gasteiger partial charge in [0.05, 0.1) is 12.1 Å². The number of amides is 1. The van der Waals surface area contributed by atoms with Crippen LogP contribution in [0, 0.1) is 5.92 Å². The third-order valence-electron chi connectivity index (χ3n) is 7.78. The van der Waals surface area contributed by atoms with E-state index in [1.807, 2.05) is 6.92 Å². The molecule has 2 saturated carbocycles. The van der Waals surface area contributed by atoms with Crippen molar-refractivity contribution in [2.45, 2.75) is 83.1 Å². The van der Waals surface area contributed by atoms with Crippen LogP contribution in [0.5, 0.6) is 0 Å². The van der Waals surface area contributed by atoms with Gasteiger partial charge in [0.2, 0.25) is 11.6 Å². The van der Waals surface area contributed by atoms with Gasteiger partial charge in [-0.05, 0) is 56.2 Å². The molecule has 0 radical (unpaired) electrons. The molecule has 208 valence electrons. The summed E-state index contributed by atoms with van der Waals surface area (Å²) in [6.45, 7) is 2.01. The van der Waals surface area contributed by atoms with Gasteiger partial charge in [-0.15, -0.1) is 0 Å². The molecular formula is C27H31F3N6O3. The molecule has 3 N–H and O–H groups in total. The molecule has 1 aromatic carbocycles. The smallest absolute Gasteiger partial charge is 0.416 e. The van der Waals surface area contributed by atoms with E-state index in [2.05, 4.69) is 25.6 Å². The minimum atomic E-state index is -4.47. The van der Waals surface area contributed by atoms with E-state index in [-0.39, 0.29) is 35.9 Å². The lowest BCUT2D eigenvalue weighted by Gasteiger charge is -2.32. The SMILES string of the molecule is CC(Nc1nc(C(=O)O)nc2nc(C(=O)NC3CCCCC3)n(Cc3ccc(C(F)(F)F)cc3)c12)C1CCC1. The number of alkyl halides is 3. The Morgan fingerprint density at radius 3 is 2.31 bits per heavy atom. The first-order valence-corrected chi connectivity index (χ1v) is 13.3. The Labute approximate surface area is 223 Å². The number of hydrogen-bond donors (Lipinski definition) is 3. The highest BCUT2D eigenvalue weighted by molar-refractivity contribution is 5.97. The van der Waals surface area contributed by atoms with E-state index in [0.717, 1.165) is 63.5 Å². The summed E-state index contributed by atoms with van der Waals surface area (Å²) in [5, 5.41) is 16.0. The van der Waals surface area contributed by atoms with Crippen molar-refractivity contribution in [3.63, 3.8) is 0 Å². The zero-order valence-corrected chi connectivity index (χ0v) is 21.6. The van der Waals surface area contributed by atoms with Crippen molar-refractivity contribution in [3.05, 3.63) is 47.0 Å². The van der Waals surface area contributed by atoms with Crippen LogP contribution in [0.15, 0.2) is 24.3 Å². The van der Waals surface area contributed by atoms with Crippen molar-refractivity contribution in [2.24, 2.45) is 5.92 Å². The largest absolute Gasteiger partial charge is 0.475 e. The van der Waals surface area contributed by atoms with Gasteiger partial charge in [-0.2, -0.15) is 13.2 Å². The quantitative estimate of drug-likeness (QED) is 0.354. The minimum Gasteiger partial charge on any atom is -0.475 e. The molecule has 3 aromatic rings. The molecule has 9 nitrogen and oxygen atoms in total. The Morgan fingerprint density at radius 1 is 1.03 bits per heavy atom. The Hall–Kier alpha value is -3.70. The fourth-order valence-corrected chi connectivity index (χ4v) is 5.31. The first-order chi connectivity index (χ1) is 18.6. The minimum absolute atomic E-state index is 0.00616. The highest BCUT2D eigenvalue weighted by Crippen LogP contribution is 2.33. The molecule has 1 atom stereocenters. The number of carbonyl (C=O) groups excluding carboxylic acids is 1. The van der Waals surface area contributed by atoms with Gasteiger partial charge in [-0.25, -0.2) is 19.7 Å². The summed E-state index contributed by atoms with van der Waals surface area (Å²) in [7, 11) is 0. The summed E-state index contributed by atoms with van der Waals surface area (Å²) in [5.74, 6) is -1.60. The molecule has 0 aliphatic heterocycles. The Kier molecular flexibility index (Phi) is 7.46. The molecule has 2 fully saturated rings. The summed E-state index contributed by atoms with van der Waals surface area (Å²) in [5.41, 5.74) is 0.101. The summed E-state index contributed by atoms with van der Waals surface area (Å²) >= 11 is 0. The molecule has 0 spiro atoms. The Balaban J connectivity index is 1.59. The number of hydrogen-bond acceptors (Lipinski definition) is 6. The van der Waals surface area contributed by atoms with E-state index >= 15 is 0 Å². The van der Waals surface area contributed by atoms with E-state index in [1.54, 1.807) is 4.57 Å². The molecule has 1 unspecified atom stereocenters. The molecule has 12 heteroatoms. The first-order valence-electron chi connectivity index (χ1n) is 13.3. The van der Waals surface area contributed by atoms with E-state index in [4.69, 9.17) is 0 Å². The van der Waals surface area contributed by atoms with Crippen LogP contribution >= 0.6 is 0 Å². The predicted octanol–water partition coefficient (Wildman–Crippen LogP) is 5.25. The molecule has 2 heterocycles. The molecule has 2 aromatic heterocycles. The van der Waals surface area contributed by atoms with Gasteiger partial charge in [0.25, 0.3) is 5.91 Å². The molecule has 0 saturated heterocycles. The topological polar surface area (TPSA) is 122 Å². The second kappa shape index (κ2) is 10.8. The zero-order chi connectivity index (χ0) is 27.7. The number of carboxylic acids is 1. The van der Waals surface area contributed by atoms with Crippen LogP contribution < -0.4 is 10.6 Å². The van der Waals surface area contributed by atoms with Crippen LogP contribution in [0.4, 0.5) is 19.0 Å². The number of rotatable bonds is 8. The highest BCUT2D eigenvalue weighted by atomic mass is 19.4. The molecule has 2 aliphatic carbocycles. The van der Waals surface area contributed by atoms with Gasteiger partial charge in [0, 0.05) is 12.1 Å². The number of fused-ring (bicyclic) bond motifs is 1. The fourth-order valence-electron chi connectivity index (χ4n) is 5.31. The van der Waals surface area contributed by atoms with Gasteiger partial charge in [0.15, 0.2) is 11.5 Å². The van der Waals surface area contributed by atoms with Crippen LogP contribution in [0.3, 0.4) is 0 Å². The Morgan fingerprint density at radius 2 is 1.72 bits per heavy atom. The summed E-state index contributed by atoms with van der Waals surface area (Å²) < 4.78 is 41.0. The number of imidazole rings is 1. The lowest BCUT2D eigenvalue weighted by Crippen LogP contribution is -2.37. The van der Waals surface area contributed by atoms with Crippen molar-refractivity contribution in [1.29, 1.82) is 0 Å². The van der Waals surface area contributed by atoms with E-state index in [9.17, 15) is 27.9 Å². The predicted molar refractivity (Wildman–Crippen MR) is 138 cm³/mol. The molecule has 0 bridgehead atoms. The number of aromatic carboxylic acids is 1. The number of nitrogens with zero attached hydrogens (tertiary/aromatic N) is 4. The molecule has 1 amide bonds. The summed E-state index contributed by atoms with van der Waals surface area (Å²) in [6.07, 6.45) is 3.54. The molecular weight excluding hydrogens is 513 g/mol. The van der Waals surface area contributed by atoms with Gasteiger partial charge in [-0.1, -0.05) is 37.8 Å². The van der Waals surface area contributed by atoms with Crippen molar-refractivity contribution < 1.29 is 27.9 Å². The van der Waals surface area contributed by atoms with Gasteiger partial charge in [0.1, 0.15) is 5.52 Å². The fraction of sp³-hybridized carbons (Fsp3) is 0.519. The van der Waals surface area contributed by atoms with Crippen molar-refractivity contribution >= 4 is 28.9 Å². The highest BCUT2D eigenvalue weighted by Gasteiger charge is 2.31. The Bertz CT molecular complexity index is 1360. The molecule has 39 heavy (non-hydrogen) atoms. The normalized spacial score (nSPS) is 17.5. The van der Waals surface area contributed by atoms with Crippen LogP contribution in [0.2, 0.25) is 0 Å². The maximum Gasteiger partial charge on any atom is 0.416 e.